The molecule has 14 heavy (non-hydrogen) atoms. The molecule has 0 bridgehead atoms. The summed E-state index contributed by atoms with van der Waals surface area (Å²) >= 11 is 0. The quantitative estimate of drug-likeness (QED) is 0.650. The van der Waals surface area contributed by atoms with Crippen LogP contribution in [-0.2, 0) is 9.53 Å². The molecule has 1 aliphatic rings. The van der Waals surface area contributed by atoms with Gasteiger partial charge in [-0.25, -0.2) is 0 Å². The molecule has 0 aliphatic heterocycles. The highest BCUT2D eigenvalue weighted by molar-refractivity contribution is 5.68. The third-order valence-electron chi connectivity index (χ3n) is 2.99. The highest BCUT2D eigenvalue weighted by atomic mass is 16.5. The van der Waals surface area contributed by atoms with Gasteiger partial charge in [0.15, 0.2) is 0 Å². The normalized spacial score (nSPS) is 19.8. The van der Waals surface area contributed by atoms with E-state index in [9.17, 15) is 4.79 Å². The minimum absolute atomic E-state index is 0.0490. The van der Waals surface area contributed by atoms with E-state index < -0.39 is 0 Å². The number of carbonyl (C=O) groups is 1. The third-order valence-corrected chi connectivity index (χ3v) is 2.99. The van der Waals surface area contributed by atoms with Gasteiger partial charge >= 0.3 is 5.97 Å². The second-order valence-corrected chi connectivity index (χ2v) is 4.25. The lowest BCUT2D eigenvalue weighted by Gasteiger charge is -2.19. The highest BCUT2D eigenvalue weighted by Crippen LogP contribution is 2.22. The molecule has 0 atom stereocenters. The number of hydrogen-bond donors (Lipinski definition) is 0. The zero-order valence-electron chi connectivity index (χ0n) is 9.26. The monoisotopic (exact) mass is 198 g/mol. The van der Waals surface area contributed by atoms with Gasteiger partial charge in [-0.05, 0) is 18.8 Å². The first-order valence-electron chi connectivity index (χ1n) is 5.98. The smallest absolute Gasteiger partial charge is 0.305 e. The van der Waals surface area contributed by atoms with Crippen molar-refractivity contribution in [2.24, 2.45) is 5.92 Å². The number of rotatable bonds is 3. The SMILES string of the molecule is CCC(=O)OCC1CCCCCCC1. The largest absolute Gasteiger partial charge is 0.465 e. The summed E-state index contributed by atoms with van der Waals surface area (Å²) in [6.07, 6.45) is 9.74. The van der Waals surface area contributed by atoms with E-state index in [4.69, 9.17) is 4.74 Å². The number of esters is 1. The van der Waals surface area contributed by atoms with E-state index in [2.05, 4.69) is 0 Å². The molecule has 1 rings (SSSR count). The van der Waals surface area contributed by atoms with Crippen molar-refractivity contribution >= 4 is 5.97 Å². The summed E-state index contributed by atoms with van der Waals surface area (Å²) in [6, 6.07) is 0. The molecule has 1 aliphatic carbocycles. The molecule has 82 valence electrons. The van der Waals surface area contributed by atoms with E-state index in [-0.39, 0.29) is 5.97 Å². The highest BCUT2D eigenvalue weighted by Gasteiger charge is 2.12. The molecule has 1 saturated carbocycles. The number of hydrogen-bond acceptors (Lipinski definition) is 2. The zero-order valence-corrected chi connectivity index (χ0v) is 9.26. The Hall–Kier alpha value is -0.530. The van der Waals surface area contributed by atoms with E-state index in [1.165, 1.54) is 44.9 Å². The van der Waals surface area contributed by atoms with Crippen molar-refractivity contribution in [2.45, 2.75) is 58.3 Å². The average Bonchev–Trinajstić information content (AvgIpc) is 2.15. The first kappa shape index (κ1) is 11.5. The van der Waals surface area contributed by atoms with Crippen LogP contribution in [-0.4, -0.2) is 12.6 Å². The van der Waals surface area contributed by atoms with Gasteiger partial charge in [0, 0.05) is 6.42 Å². The third kappa shape index (κ3) is 4.64. The van der Waals surface area contributed by atoms with Crippen LogP contribution in [0.2, 0.25) is 0 Å². The maximum atomic E-state index is 11.0. The number of carbonyl (C=O) groups excluding carboxylic acids is 1. The van der Waals surface area contributed by atoms with Gasteiger partial charge in [0.1, 0.15) is 0 Å². The summed E-state index contributed by atoms with van der Waals surface area (Å²) in [5.74, 6) is 0.581. The molecule has 0 aromatic carbocycles. The molecular weight excluding hydrogens is 176 g/mol. The van der Waals surface area contributed by atoms with Gasteiger partial charge < -0.3 is 4.74 Å². The molecule has 0 unspecified atom stereocenters. The van der Waals surface area contributed by atoms with Gasteiger partial charge in [-0.1, -0.05) is 39.0 Å². The van der Waals surface area contributed by atoms with Crippen molar-refractivity contribution in [2.75, 3.05) is 6.61 Å². The first-order chi connectivity index (χ1) is 6.83. The summed E-state index contributed by atoms with van der Waals surface area (Å²) in [6.45, 7) is 2.51. The van der Waals surface area contributed by atoms with E-state index in [1.54, 1.807) is 0 Å². The van der Waals surface area contributed by atoms with Crippen LogP contribution in [0.15, 0.2) is 0 Å². The Morgan fingerprint density at radius 2 is 1.71 bits per heavy atom. The minimum atomic E-state index is -0.0490. The van der Waals surface area contributed by atoms with Crippen molar-refractivity contribution in [3.8, 4) is 0 Å². The van der Waals surface area contributed by atoms with Crippen LogP contribution in [0.1, 0.15) is 58.3 Å². The zero-order chi connectivity index (χ0) is 10.2. The summed E-state index contributed by atoms with van der Waals surface area (Å²) in [4.78, 5) is 11.0. The summed E-state index contributed by atoms with van der Waals surface area (Å²) in [5, 5.41) is 0. The molecule has 1 fully saturated rings. The van der Waals surface area contributed by atoms with Gasteiger partial charge in [-0.15, -0.1) is 0 Å². The van der Waals surface area contributed by atoms with Crippen molar-refractivity contribution in [3.05, 3.63) is 0 Å². The molecule has 2 nitrogen and oxygen atoms in total. The topological polar surface area (TPSA) is 26.3 Å². The van der Waals surface area contributed by atoms with E-state index in [1.807, 2.05) is 6.92 Å². The Labute approximate surface area is 87.0 Å². The minimum Gasteiger partial charge on any atom is -0.465 e. The predicted octanol–water partition coefficient (Wildman–Crippen LogP) is 3.30. The first-order valence-corrected chi connectivity index (χ1v) is 5.98. The second kappa shape index (κ2) is 6.86. The Bertz CT molecular complexity index is 158. The predicted molar refractivity (Wildman–Crippen MR) is 57.1 cm³/mol. The molecule has 0 N–H and O–H groups in total. The Morgan fingerprint density at radius 1 is 1.14 bits per heavy atom. The summed E-state index contributed by atoms with van der Waals surface area (Å²) in [7, 11) is 0. The Balaban J connectivity index is 2.16. The molecule has 0 aromatic heterocycles. The lowest BCUT2D eigenvalue weighted by Crippen LogP contribution is -2.14. The second-order valence-electron chi connectivity index (χ2n) is 4.25. The molecule has 0 heterocycles. The maximum Gasteiger partial charge on any atom is 0.305 e. The average molecular weight is 198 g/mol. The maximum absolute atomic E-state index is 11.0. The van der Waals surface area contributed by atoms with E-state index in [0.29, 0.717) is 18.9 Å². The fourth-order valence-electron chi connectivity index (χ4n) is 2.02. The number of ether oxygens (including phenoxy) is 1. The molecule has 0 aromatic rings. The van der Waals surface area contributed by atoms with Crippen LogP contribution in [0, 0.1) is 5.92 Å². The van der Waals surface area contributed by atoms with Crippen molar-refractivity contribution in [1.82, 2.24) is 0 Å². The van der Waals surface area contributed by atoms with Crippen LogP contribution in [0.3, 0.4) is 0 Å². The van der Waals surface area contributed by atoms with Crippen LogP contribution in [0.25, 0.3) is 0 Å². The molecule has 0 spiro atoms. The molecule has 0 radical (unpaired) electrons. The lowest BCUT2D eigenvalue weighted by atomic mass is 9.92. The standard InChI is InChI=1S/C12H22O2/c1-2-12(13)14-10-11-8-6-4-3-5-7-9-11/h11H,2-10H2,1H3. The van der Waals surface area contributed by atoms with Crippen LogP contribution < -0.4 is 0 Å². The van der Waals surface area contributed by atoms with Crippen molar-refractivity contribution in [1.29, 1.82) is 0 Å². The molecule has 0 saturated heterocycles. The van der Waals surface area contributed by atoms with Gasteiger partial charge in [0.2, 0.25) is 0 Å². The van der Waals surface area contributed by atoms with Gasteiger partial charge in [0.05, 0.1) is 6.61 Å². The van der Waals surface area contributed by atoms with Gasteiger partial charge in [0.25, 0.3) is 0 Å². The van der Waals surface area contributed by atoms with Gasteiger partial charge in [-0.3, -0.25) is 4.79 Å². The van der Waals surface area contributed by atoms with Crippen molar-refractivity contribution < 1.29 is 9.53 Å². The van der Waals surface area contributed by atoms with Gasteiger partial charge in [-0.2, -0.15) is 0 Å². The fraction of sp³-hybridized carbons (Fsp3) is 0.917. The van der Waals surface area contributed by atoms with E-state index in [0.717, 1.165) is 0 Å². The Morgan fingerprint density at radius 3 is 2.29 bits per heavy atom. The van der Waals surface area contributed by atoms with Crippen LogP contribution in [0.4, 0.5) is 0 Å². The lowest BCUT2D eigenvalue weighted by molar-refractivity contribution is -0.144. The van der Waals surface area contributed by atoms with Crippen molar-refractivity contribution in [3.63, 3.8) is 0 Å². The molecular formula is C12H22O2. The fourth-order valence-corrected chi connectivity index (χ4v) is 2.02. The molecule has 0 amide bonds. The Kier molecular flexibility index (Phi) is 5.65. The molecule has 2 heteroatoms. The summed E-state index contributed by atoms with van der Waals surface area (Å²) in [5.41, 5.74) is 0. The van der Waals surface area contributed by atoms with Crippen LogP contribution in [0.5, 0.6) is 0 Å². The summed E-state index contributed by atoms with van der Waals surface area (Å²) < 4.78 is 5.19. The van der Waals surface area contributed by atoms with Crippen LogP contribution >= 0.6 is 0 Å². The van der Waals surface area contributed by atoms with E-state index >= 15 is 0 Å².